The Morgan fingerprint density at radius 3 is 2.62 bits per heavy atom. The average Bonchev–Trinajstić information content (AvgIpc) is 2.64. The SMILES string of the molecule is CN1CCC(c2ccccc2S(=O)(=O)Cl)C1. The second-order valence-corrected chi connectivity index (χ2v) is 6.76. The lowest BCUT2D eigenvalue weighted by molar-refractivity contribution is 0.411. The predicted octanol–water partition coefficient (Wildman–Crippen LogP) is 2.03. The highest BCUT2D eigenvalue weighted by Crippen LogP contribution is 2.32. The molecule has 0 spiro atoms. The van der Waals surface area contributed by atoms with Crippen LogP contribution in [0.2, 0.25) is 0 Å². The molecule has 1 aromatic rings. The maximum Gasteiger partial charge on any atom is 0.261 e. The van der Waals surface area contributed by atoms with Gasteiger partial charge < -0.3 is 4.90 Å². The lowest BCUT2D eigenvalue weighted by Gasteiger charge is -2.13. The van der Waals surface area contributed by atoms with Gasteiger partial charge in [-0.05, 0) is 37.6 Å². The van der Waals surface area contributed by atoms with Crippen molar-refractivity contribution in [2.45, 2.75) is 17.2 Å². The van der Waals surface area contributed by atoms with E-state index in [4.69, 9.17) is 10.7 Å². The lowest BCUT2D eigenvalue weighted by atomic mass is 9.98. The van der Waals surface area contributed by atoms with E-state index in [1.165, 1.54) is 0 Å². The highest BCUT2D eigenvalue weighted by Gasteiger charge is 2.26. The number of hydrogen-bond acceptors (Lipinski definition) is 3. The maximum atomic E-state index is 11.4. The molecule has 1 saturated heterocycles. The molecule has 1 aliphatic heterocycles. The standard InChI is InChI=1S/C11H14ClNO2S/c1-13-7-6-9(8-13)10-4-2-3-5-11(10)16(12,14)15/h2-5,9H,6-8H2,1H3. The highest BCUT2D eigenvalue weighted by atomic mass is 35.7. The second kappa shape index (κ2) is 4.35. The summed E-state index contributed by atoms with van der Waals surface area (Å²) in [6, 6.07) is 7.01. The van der Waals surface area contributed by atoms with Gasteiger partial charge >= 0.3 is 0 Å². The molecule has 1 unspecified atom stereocenters. The van der Waals surface area contributed by atoms with Crippen LogP contribution in [0.25, 0.3) is 0 Å². The quantitative estimate of drug-likeness (QED) is 0.763. The fraction of sp³-hybridized carbons (Fsp3) is 0.455. The van der Waals surface area contributed by atoms with E-state index >= 15 is 0 Å². The molecule has 1 aromatic carbocycles. The number of benzene rings is 1. The van der Waals surface area contributed by atoms with E-state index in [0.29, 0.717) is 0 Å². The van der Waals surface area contributed by atoms with Gasteiger partial charge in [0.1, 0.15) is 0 Å². The third kappa shape index (κ3) is 2.39. The molecule has 0 saturated carbocycles. The Morgan fingerprint density at radius 2 is 2.06 bits per heavy atom. The minimum absolute atomic E-state index is 0.261. The zero-order valence-corrected chi connectivity index (χ0v) is 10.6. The van der Waals surface area contributed by atoms with E-state index in [-0.39, 0.29) is 10.8 Å². The molecule has 88 valence electrons. The van der Waals surface area contributed by atoms with Crippen LogP contribution in [0.1, 0.15) is 17.9 Å². The molecule has 0 aliphatic carbocycles. The first-order valence-corrected chi connectivity index (χ1v) is 7.51. The molecule has 2 rings (SSSR count). The molecule has 0 N–H and O–H groups in total. The zero-order chi connectivity index (χ0) is 11.8. The van der Waals surface area contributed by atoms with Crippen LogP contribution in [-0.2, 0) is 9.05 Å². The van der Waals surface area contributed by atoms with Gasteiger partial charge in [0.05, 0.1) is 4.90 Å². The van der Waals surface area contributed by atoms with Crippen LogP contribution in [-0.4, -0.2) is 33.5 Å². The van der Waals surface area contributed by atoms with E-state index in [9.17, 15) is 8.42 Å². The van der Waals surface area contributed by atoms with E-state index < -0.39 is 9.05 Å². The summed E-state index contributed by atoms with van der Waals surface area (Å²) in [5.74, 6) is 0.273. The molecule has 0 radical (unpaired) electrons. The largest absolute Gasteiger partial charge is 0.306 e. The topological polar surface area (TPSA) is 37.4 Å². The first kappa shape index (κ1) is 11.9. The van der Waals surface area contributed by atoms with Gasteiger partial charge in [0.2, 0.25) is 0 Å². The summed E-state index contributed by atoms with van der Waals surface area (Å²) in [7, 11) is 3.84. The van der Waals surface area contributed by atoms with Crippen LogP contribution in [0.5, 0.6) is 0 Å². The van der Waals surface area contributed by atoms with E-state index in [1.807, 2.05) is 19.2 Å². The molecule has 1 heterocycles. The molecule has 5 heteroatoms. The van der Waals surface area contributed by atoms with E-state index in [0.717, 1.165) is 25.1 Å². The number of likely N-dealkylation sites (N-methyl/N-ethyl adjacent to an activating group) is 1. The Kier molecular flexibility index (Phi) is 3.24. The van der Waals surface area contributed by atoms with Gasteiger partial charge in [-0.3, -0.25) is 0 Å². The van der Waals surface area contributed by atoms with Crippen molar-refractivity contribution in [3.63, 3.8) is 0 Å². The van der Waals surface area contributed by atoms with Gasteiger partial charge in [-0.1, -0.05) is 18.2 Å². The molecule has 0 aromatic heterocycles. The average molecular weight is 260 g/mol. The summed E-state index contributed by atoms with van der Waals surface area (Å²) in [5.41, 5.74) is 0.849. The number of halogens is 1. The van der Waals surface area contributed by atoms with Crippen molar-refractivity contribution in [3.8, 4) is 0 Å². The van der Waals surface area contributed by atoms with Crippen molar-refractivity contribution in [3.05, 3.63) is 29.8 Å². The molecule has 3 nitrogen and oxygen atoms in total. The van der Waals surface area contributed by atoms with Crippen molar-refractivity contribution in [2.24, 2.45) is 0 Å². The maximum absolute atomic E-state index is 11.4. The Balaban J connectivity index is 2.41. The summed E-state index contributed by atoms with van der Waals surface area (Å²) in [4.78, 5) is 2.46. The summed E-state index contributed by atoms with van der Waals surface area (Å²) in [5, 5.41) is 0. The predicted molar refractivity (Wildman–Crippen MR) is 64.3 cm³/mol. The minimum Gasteiger partial charge on any atom is -0.306 e. The summed E-state index contributed by atoms with van der Waals surface area (Å²) in [6.45, 7) is 1.89. The molecule has 0 bridgehead atoms. The van der Waals surface area contributed by atoms with Crippen molar-refractivity contribution in [1.82, 2.24) is 4.90 Å². The number of likely N-dealkylation sites (tertiary alicyclic amines) is 1. The van der Waals surface area contributed by atoms with Gasteiger partial charge in [0.25, 0.3) is 9.05 Å². The number of hydrogen-bond donors (Lipinski definition) is 0. The molecule has 1 atom stereocenters. The first-order valence-electron chi connectivity index (χ1n) is 5.20. The number of rotatable bonds is 2. The zero-order valence-electron chi connectivity index (χ0n) is 9.06. The van der Waals surface area contributed by atoms with Crippen LogP contribution >= 0.6 is 10.7 Å². The van der Waals surface area contributed by atoms with Gasteiger partial charge in [0, 0.05) is 17.2 Å². The van der Waals surface area contributed by atoms with Crippen molar-refractivity contribution in [2.75, 3.05) is 20.1 Å². The number of nitrogens with zero attached hydrogens (tertiary/aromatic N) is 1. The molecule has 16 heavy (non-hydrogen) atoms. The third-order valence-electron chi connectivity index (χ3n) is 3.01. The molecular formula is C11H14ClNO2S. The third-order valence-corrected chi connectivity index (χ3v) is 4.41. The highest BCUT2D eigenvalue weighted by molar-refractivity contribution is 8.13. The first-order chi connectivity index (χ1) is 7.48. The Bertz CT molecular complexity index is 487. The van der Waals surface area contributed by atoms with Gasteiger partial charge in [-0.15, -0.1) is 0 Å². The van der Waals surface area contributed by atoms with Crippen LogP contribution in [0, 0.1) is 0 Å². The van der Waals surface area contributed by atoms with Crippen molar-refractivity contribution >= 4 is 19.7 Å². The second-order valence-electron chi connectivity index (χ2n) is 4.22. The molecule has 1 aliphatic rings. The van der Waals surface area contributed by atoms with Gasteiger partial charge in [-0.2, -0.15) is 0 Å². The smallest absolute Gasteiger partial charge is 0.261 e. The van der Waals surface area contributed by atoms with Crippen LogP contribution < -0.4 is 0 Å². The van der Waals surface area contributed by atoms with E-state index in [2.05, 4.69) is 4.90 Å². The van der Waals surface area contributed by atoms with E-state index in [1.54, 1.807) is 12.1 Å². The molecule has 1 fully saturated rings. The van der Waals surface area contributed by atoms with Crippen molar-refractivity contribution in [1.29, 1.82) is 0 Å². The Hall–Kier alpha value is -0.580. The summed E-state index contributed by atoms with van der Waals surface area (Å²) in [6.07, 6.45) is 0.986. The van der Waals surface area contributed by atoms with Crippen LogP contribution in [0.4, 0.5) is 0 Å². The van der Waals surface area contributed by atoms with Gasteiger partial charge in [0.15, 0.2) is 0 Å². The van der Waals surface area contributed by atoms with Gasteiger partial charge in [-0.25, -0.2) is 8.42 Å². The monoisotopic (exact) mass is 259 g/mol. The Morgan fingerprint density at radius 1 is 1.38 bits per heavy atom. The van der Waals surface area contributed by atoms with Crippen LogP contribution in [0.3, 0.4) is 0 Å². The Labute approximate surface area is 100 Å². The summed E-state index contributed by atoms with van der Waals surface area (Å²) < 4.78 is 22.9. The minimum atomic E-state index is -3.63. The molecular weight excluding hydrogens is 246 g/mol. The summed E-state index contributed by atoms with van der Waals surface area (Å²) >= 11 is 0. The fourth-order valence-electron chi connectivity index (χ4n) is 2.23. The molecule has 0 amide bonds. The van der Waals surface area contributed by atoms with Crippen molar-refractivity contribution < 1.29 is 8.42 Å². The van der Waals surface area contributed by atoms with Crippen LogP contribution in [0.15, 0.2) is 29.2 Å². The lowest BCUT2D eigenvalue weighted by Crippen LogP contribution is -2.14. The normalized spacial score (nSPS) is 22.5. The fourth-order valence-corrected chi connectivity index (χ4v) is 3.41.